The quantitative estimate of drug-likeness (QED) is 0.380. The molecule has 2 aliphatic carbocycles. The molecule has 1 saturated heterocycles. The van der Waals surface area contributed by atoms with E-state index in [-0.39, 0.29) is 12.5 Å². The smallest absolute Gasteiger partial charge is 0.318 e. The largest absolute Gasteiger partial charge is 0.493 e. The van der Waals surface area contributed by atoms with Gasteiger partial charge in [-0.2, -0.15) is 0 Å². The predicted octanol–water partition coefficient (Wildman–Crippen LogP) is 4.20. The molecule has 2 heterocycles. The SMILES string of the molecule is C=C(C[C@H](C(=O)OC1=CC[C@@]2(O)[C@H]3Cc4ccc(OC)c5c4[C@@]2(CCN3C)[C@H]1O5)c1ccccc1)[C@H](C)OC(C)=O. The standard InChI is InChI=1S/C33H37NO7/c1-19(20(2)39-21(3)35)17-24(22-9-7-6-8-10-22)31(36)40-26-13-14-33(37)27-18-23-11-12-25(38-5)29-28(23)32(33,30(26)41-29)15-16-34(27)4/h6-13,20,24,27,30,37H,1,14-18H2,2-5H3/t20-,24-,27+,30-,32-,33+/m0/s1. The van der Waals surface area contributed by atoms with E-state index in [1.165, 1.54) is 6.92 Å². The van der Waals surface area contributed by atoms with Crippen LogP contribution in [0.4, 0.5) is 0 Å². The number of nitrogens with zero attached hydrogens (tertiary/aromatic N) is 1. The number of rotatable bonds is 8. The lowest BCUT2D eigenvalue weighted by molar-refractivity contribution is -0.169. The first-order chi connectivity index (χ1) is 19.6. The summed E-state index contributed by atoms with van der Waals surface area (Å²) in [6, 6.07) is 13.3. The van der Waals surface area contributed by atoms with Crippen LogP contribution in [-0.2, 0) is 30.9 Å². The fraction of sp³-hybridized carbons (Fsp3) is 0.455. The topological polar surface area (TPSA) is 94.5 Å². The third-order valence-electron chi connectivity index (χ3n) is 9.65. The van der Waals surface area contributed by atoms with Gasteiger partial charge >= 0.3 is 11.9 Å². The number of hydrogen-bond acceptors (Lipinski definition) is 8. The van der Waals surface area contributed by atoms with Crippen LogP contribution in [0.2, 0.25) is 0 Å². The lowest BCUT2D eigenvalue weighted by Gasteiger charge is -2.61. The van der Waals surface area contributed by atoms with E-state index >= 15 is 0 Å². The van der Waals surface area contributed by atoms with Gasteiger partial charge in [-0.05, 0) is 68.6 Å². The van der Waals surface area contributed by atoms with Gasteiger partial charge in [-0.15, -0.1) is 0 Å². The van der Waals surface area contributed by atoms with Crippen molar-refractivity contribution >= 4 is 11.9 Å². The highest BCUT2D eigenvalue weighted by atomic mass is 16.6. The molecule has 2 bridgehead atoms. The van der Waals surface area contributed by atoms with Crippen LogP contribution in [0.15, 0.2) is 66.5 Å². The molecule has 1 N–H and O–H groups in total. The number of likely N-dealkylation sites (N-methyl/N-ethyl adjacent to an activating group) is 1. The highest BCUT2D eigenvalue weighted by Crippen LogP contribution is 2.65. The molecule has 0 unspecified atom stereocenters. The number of esters is 2. The molecule has 0 radical (unpaired) electrons. The molecular formula is C33H37NO7. The average molecular weight is 560 g/mol. The Morgan fingerprint density at radius 1 is 1.22 bits per heavy atom. The number of ether oxygens (including phenoxy) is 4. The van der Waals surface area contributed by atoms with Gasteiger partial charge in [0, 0.05) is 24.9 Å². The zero-order chi connectivity index (χ0) is 29.1. The molecule has 8 nitrogen and oxygen atoms in total. The van der Waals surface area contributed by atoms with Crippen LogP contribution in [0.25, 0.3) is 0 Å². The molecule has 6 atom stereocenters. The molecule has 1 fully saturated rings. The van der Waals surface area contributed by atoms with Crippen molar-refractivity contribution in [2.75, 3.05) is 20.7 Å². The normalized spacial score (nSPS) is 28.9. The Balaban J connectivity index is 1.36. The summed E-state index contributed by atoms with van der Waals surface area (Å²) in [5, 5.41) is 12.4. The maximum absolute atomic E-state index is 14.0. The highest BCUT2D eigenvalue weighted by Gasteiger charge is 2.72. The molecule has 0 aromatic heterocycles. The Kier molecular flexibility index (Phi) is 6.74. The van der Waals surface area contributed by atoms with Crippen molar-refractivity contribution in [1.29, 1.82) is 0 Å². The molecule has 2 aliphatic heterocycles. The number of hydrogen-bond donors (Lipinski definition) is 1. The van der Waals surface area contributed by atoms with Gasteiger partial charge in [0.2, 0.25) is 0 Å². The van der Waals surface area contributed by atoms with E-state index in [1.54, 1.807) is 14.0 Å². The molecular weight excluding hydrogens is 522 g/mol. The number of methoxy groups -OCH3 is 1. The van der Waals surface area contributed by atoms with Crippen LogP contribution in [0.3, 0.4) is 0 Å². The van der Waals surface area contributed by atoms with E-state index in [0.717, 1.165) is 23.2 Å². The Bertz CT molecular complexity index is 1430. The van der Waals surface area contributed by atoms with Gasteiger partial charge in [-0.25, -0.2) is 0 Å². The van der Waals surface area contributed by atoms with E-state index in [2.05, 4.69) is 24.6 Å². The van der Waals surface area contributed by atoms with Crippen molar-refractivity contribution in [3.63, 3.8) is 0 Å². The molecule has 0 amide bonds. The Morgan fingerprint density at radius 2 is 1.98 bits per heavy atom. The molecule has 6 rings (SSSR count). The van der Waals surface area contributed by atoms with Gasteiger partial charge in [-0.1, -0.05) is 43.0 Å². The van der Waals surface area contributed by atoms with Crippen molar-refractivity contribution in [3.05, 3.63) is 83.1 Å². The first-order valence-corrected chi connectivity index (χ1v) is 14.2. The van der Waals surface area contributed by atoms with Crippen molar-refractivity contribution < 1.29 is 33.6 Å². The number of likely N-dealkylation sites (tertiary alicyclic amines) is 1. The molecule has 0 saturated carbocycles. The zero-order valence-electron chi connectivity index (χ0n) is 24.0. The summed E-state index contributed by atoms with van der Waals surface area (Å²) in [5.74, 6) is 0.111. The summed E-state index contributed by atoms with van der Waals surface area (Å²) in [6.45, 7) is 7.99. The molecule has 2 aromatic rings. The first-order valence-electron chi connectivity index (χ1n) is 14.2. The summed E-state index contributed by atoms with van der Waals surface area (Å²) in [6.07, 6.45) is 2.55. The predicted molar refractivity (Wildman–Crippen MR) is 152 cm³/mol. The van der Waals surface area contributed by atoms with Gasteiger partial charge in [0.15, 0.2) is 17.6 Å². The zero-order valence-corrected chi connectivity index (χ0v) is 24.0. The maximum atomic E-state index is 14.0. The van der Waals surface area contributed by atoms with Crippen LogP contribution in [0, 0.1) is 0 Å². The Morgan fingerprint density at radius 3 is 2.68 bits per heavy atom. The molecule has 8 heteroatoms. The summed E-state index contributed by atoms with van der Waals surface area (Å²) in [5.41, 5.74) is 1.66. The lowest BCUT2D eigenvalue weighted by Crippen LogP contribution is -2.74. The lowest BCUT2D eigenvalue weighted by atomic mass is 9.50. The van der Waals surface area contributed by atoms with Gasteiger partial charge in [0.05, 0.1) is 24.0 Å². The molecule has 1 spiro atoms. The molecule has 4 aliphatic rings. The van der Waals surface area contributed by atoms with E-state index in [9.17, 15) is 14.7 Å². The first kappa shape index (κ1) is 27.5. The third kappa shape index (κ3) is 4.10. The number of benzene rings is 2. The van der Waals surface area contributed by atoms with Crippen molar-refractivity contribution in [1.82, 2.24) is 4.90 Å². The maximum Gasteiger partial charge on any atom is 0.318 e. The second kappa shape index (κ2) is 10.0. The van der Waals surface area contributed by atoms with E-state index in [1.807, 2.05) is 42.5 Å². The fourth-order valence-electron chi connectivity index (χ4n) is 7.56. The number of carbonyl (C=O) groups excluding carboxylic acids is 2. The number of piperidine rings is 1. The summed E-state index contributed by atoms with van der Waals surface area (Å²) >= 11 is 0. The summed E-state index contributed by atoms with van der Waals surface area (Å²) in [7, 11) is 3.67. The van der Waals surface area contributed by atoms with Crippen molar-refractivity contribution in [2.24, 2.45) is 0 Å². The number of carbonyl (C=O) groups is 2. The monoisotopic (exact) mass is 559 g/mol. The van der Waals surface area contributed by atoms with Crippen LogP contribution >= 0.6 is 0 Å². The minimum atomic E-state index is -1.09. The van der Waals surface area contributed by atoms with Gasteiger partial charge < -0.3 is 29.0 Å². The van der Waals surface area contributed by atoms with Gasteiger partial charge in [0.25, 0.3) is 0 Å². The molecule has 2 aromatic carbocycles. The fourth-order valence-corrected chi connectivity index (χ4v) is 7.56. The van der Waals surface area contributed by atoms with Crippen LogP contribution in [0.5, 0.6) is 11.5 Å². The average Bonchev–Trinajstić information content (AvgIpc) is 3.31. The van der Waals surface area contributed by atoms with E-state index in [0.29, 0.717) is 42.1 Å². The molecule has 216 valence electrons. The minimum Gasteiger partial charge on any atom is -0.493 e. The second-order valence-electron chi connectivity index (χ2n) is 11.8. The van der Waals surface area contributed by atoms with E-state index < -0.39 is 41.1 Å². The summed E-state index contributed by atoms with van der Waals surface area (Å²) in [4.78, 5) is 27.8. The third-order valence-corrected chi connectivity index (χ3v) is 9.65. The Labute approximate surface area is 240 Å². The van der Waals surface area contributed by atoms with Gasteiger partial charge in [-0.3, -0.25) is 9.59 Å². The molecule has 41 heavy (non-hydrogen) atoms. The second-order valence-corrected chi connectivity index (χ2v) is 11.8. The van der Waals surface area contributed by atoms with E-state index in [4.69, 9.17) is 18.9 Å². The van der Waals surface area contributed by atoms with Crippen molar-refractivity contribution in [3.8, 4) is 11.5 Å². The van der Waals surface area contributed by atoms with Gasteiger partial charge in [0.1, 0.15) is 11.9 Å². The minimum absolute atomic E-state index is 0.0918. The summed E-state index contributed by atoms with van der Waals surface area (Å²) < 4.78 is 23.9. The van der Waals surface area contributed by atoms with Crippen LogP contribution < -0.4 is 9.47 Å². The van der Waals surface area contributed by atoms with Crippen LogP contribution in [-0.4, -0.2) is 66.5 Å². The van der Waals surface area contributed by atoms with Crippen LogP contribution in [0.1, 0.15) is 55.7 Å². The highest BCUT2D eigenvalue weighted by molar-refractivity contribution is 5.80. The number of aliphatic hydroxyl groups is 1. The Hall–Kier alpha value is -3.62. The van der Waals surface area contributed by atoms with Crippen molar-refractivity contribution in [2.45, 2.75) is 74.7 Å².